The number of rotatable bonds is 2. The number of halogens is 3. The van der Waals surface area contributed by atoms with E-state index in [9.17, 15) is 18.4 Å². The van der Waals surface area contributed by atoms with Crippen LogP contribution in [0.4, 0.5) is 13.2 Å². The summed E-state index contributed by atoms with van der Waals surface area (Å²) in [5.74, 6) is -0.197. The molecule has 0 spiro atoms. The highest BCUT2D eigenvalue weighted by Crippen LogP contribution is 2.53. The predicted octanol–water partition coefficient (Wildman–Crippen LogP) is 4.07. The van der Waals surface area contributed by atoms with Crippen molar-refractivity contribution in [3.8, 4) is 11.9 Å². The number of nitrogens with one attached hydrogen (secondary N) is 1. The second-order valence-corrected chi connectivity index (χ2v) is 7.01. The number of aryl methyl sites for hydroxylation is 2. The standard InChI is InChI=1S/C19H19F3N4O/c1-9(2)18(12-5-10(3)6-13(7-12)19(20,21)22)14(8-23)16(24)27-17-15(18)11(4)25-26-17/h5-7,9H,24H2,1-4H3,(H,25,26). The molecule has 0 aliphatic carbocycles. The highest BCUT2D eigenvalue weighted by Gasteiger charge is 2.51. The molecule has 3 N–H and O–H groups in total. The maximum atomic E-state index is 13.5. The summed E-state index contributed by atoms with van der Waals surface area (Å²) in [7, 11) is 0. The van der Waals surface area contributed by atoms with Gasteiger partial charge in [-0.1, -0.05) is 25.5 Å². The van der Waals surface area contributed by atoms with Gasteiger partial charge in [0, 0.05) is 0 Å². The van der Waals surface area contributed by atoms with Gasteiger partial charge in [-0.05, 0) is 37.5 Å². The largest absolute Gasteiger partial charge is 0.422 e. The van der Waals surface area contributed by atoms with Crippen molar-refractivity contribution in [1.82, 2.24) is 10.2 Å². The Balaban J connectivity index is 2.47. The van der Waals surface area contributed by atoms with Gasteiger partial charge in [-0.3, -0.25) is 0 Å². The second kappa shape index (κ2) is 6.05. The first-order valence-corrected chi connectivity index (χ1v) is 8.36. The van der Waals surface area contributed by atoms with Crippen molar-refractivity contribution >= 4 is 0 Å². The van der Waals surface area contributed by atoms with Crippen molar-refractivity contribution < 1.29 is 17.9 Å². The molecule has 0 saturated carbocycles. The van der Waals surface area contributed by atoms with E-state index >= 15 is 0 Å². The number of nitrogens with zero attached hydrogens (tertiary/aromatic N) is 2. The van der Waals surface area contributed by atoms with E-state index in [2.05, 4.69) is 16.3 Å². The van der Waals surface area contributed by atoms with Gasteiger partial charge >= 0.3 is 6.18 Å². The van der Waals surface area contributed by atoms with Gasteiger partial charge in [-0.2, -0.15) is 23.5 Å². The van der Waals surface area contributed by atoms with Crippen LogP contribution < -0.4 is 10.5 Å². The van der Waals surface area contributed by atoms with E-state index in [1.54, 1.807) is 19.9 Å². The minimum absolute atomic E-state index is 0.0771. The molecule has 2 heterocycles. The minimum Gasteiger partial charge on any atom is -0.422 e. The zero-order valence-corrected chi connectivity index (χ0v) is 15.3. The molecule has 142 valence electrons. The summed E-state index contributed by atoms with van der Waals surface area (Å²) in [5, 5.41) is 16.7. The number of H-pyrrole nitrogens is 1. The minimum atomic E-state index is -4.51. The maximum Gasteiger partial charge on any atom is 0.416 e. The van der Waals surface area contributed by atoms with Crippen LogP contribution in [0.2, 0.25) is 0 Å². The number of alkyl halides is 3. The number of hydrogen-bond donors (Lipinski definition) is 2. The van der Waals surface area contributed by atoms with Crippen molar-refractivity contribution in [2.45, 2.75) is 39.3 Å². The highest BCUT2D eigenvalue weighted by atomic mass is 19.4. The zero-order chi connectivity index (χ0) is 20.1. The lowest BCUT2D eigenvalue weighted by atomic mass is 9.61. The van der Waals surface area contributed by atoms with Crippen LogP contribution in [-0.2, 0) is 11.6 Å². The van der Waals surface area contributed by atoms with Crippen LogP contribution in [0.15, 0.2) is 29.7 Å². The van der Waals surface area contributed by atoms with Crippen molar-refractivity contribution in [3.63, 3.8) is 0 Å². The molecule has 1 atom stereocenters. The molecule has 0 amide bonds. The van der Waals surface area contributed by atoms with Gasteiger partial charge in [0.15, 0.2) is 0 Å². The molecule has 1 unspecified atom stereocenters. The number of benzene rings is 1. The summed E-state index contributed by atoms with van der Waals surface area (Å²) in [5.41, 5.74) is 5.91. The number of hydrogen-bond acceptors (Lipinski definition) is 4. The normalized spacial score (nSPS) is 19.7. The van der Waals surface area contributed by atoms with Crippen molar-refractivity contribution in [1.29, 1.82) is 5.26 Å². The molecular weight excluding hydrogens is 357 g/mol. The van der Waals surface area contributed by atoms with Crippen LogP contribution in [0.3, 0.4) is 0 Å². The third kappa shape index (κ3) is 2.65. The van der Waals surface area contributed by atoms with Gasteiger partial charge in [0.2, 0.25) is 11.8 Å². The number of aromatic nitrogens is 2. The lowest BCUT2D eigenvalue weighted by molar-refractivity contribution is -0.137. The molecule has 8 heteroatoms. The first-order chi connectivity index (χ1) is 12.5. The third-order valence-corrected chi connectivity index (χ3v) is 5.00. The number of nitrogens with two attached hydrogens (primary N) is 1. The Labute approximate surface area is 154 Å². The fourth-order valence-electron chi connectivity index (χ4n) is 3.95. The molecule has 27 heavy (non-hydrogen) atoms. The predicted molar refractivity (Wildman–Crippen MR) is 92.6 cm³/mol. The molecule has 0 radical (unpaired) electrons. The van der Waals surface area contributed by atoms with Gasteiger partial charge in [0.1, 0.15) is 11.6 Å². The molecule has 3 rings (SSSR count). The maximum absolute atomic E-state index is 13.5. The van der Waals surface area contributed by atoms with E-state index in [-0.39, 0.29) is 23.3 Å². The van der Waals surface area contributed by atoms with Crippen LogP contribution in [0, 0.1) is 31.1 Å². The first kappa shape index (κ1) is 18.8. The summed E-state index contributed by atoms with van der Waals surface area (Å²) in [6.07, 6.45) is -4.51. The van der Waals surface area contributed by atoms with Gasteiger partial charge in [-0.25, -0.2) is 5.10 Å². The Hall–Kier alpha value is -2.95. The summed E-state index contributed by atoms with van der Waals surface area (Å²) < 4.78 is 45.9. The SMILES string of the molecule is Cc1cc(C(F)(F)F)cc(C2(C(C)C)C(C#N)=C(N)Oc3[nH]nc(C)c32)c1. The van der Waals surface area contributed by atoms with Gasteiger partial charge in [-0.15, -0.1) is 0 Å². The molecule has 0 saturated heterocycles. The summed E-state index contributed by atoms with van der Waals surface area (Å²) in [4.78, 5) is 0. The Bertz CT molecular complexity index is 982. The third-order valence-electron chi connectivity index (χ3n) is 5.00. The van der Waals surface area contributed by atoms with Crippen molar-refractivity contribution in [2.24, 2.45) is 11.7 Å². The van der Waals surface area contributed by atoms with E-state index in [4.69, 9.17) is 10.5 Å². The van der Waals surface area contributed by atoms with Crippen molar-refractivity contribution in [2.75, 3.05) is 0 Å². The van der Waals surface area contributed by atoms with E-state index in [1.807, 2.05) is 13.8 Å². The van der Waals surface area contributed by atoms with Gasteiger partial charge in [0.05, 0.1) is 22.2 Å². The Morgan fingerprint density at radius 3 is 2.48 bits per heavy atom. The number of aromatic amines is 1. The fourth-order valence-corrected chi connectivity index (χ4v) is 3.95. The molecule has 1 aliphatic rings. The Morgan fingerprint density at radius 2 is 1.93 bits per heavy atom. The summed E-state index contributed by atoms with van der Waals surface area (Å²) >= 11 is 0. The fraction of sp³-hybridized carbons (Fsp3) is 0.368. The molecule has 1 aliphatic heterocycles. The van der Waals surface area contributed by atoms with E-state index in [0.29, 0.717) is 22.4 Å². The molecule has 5 nitrogen and oxygen atoms in total. The number of fused-ring (bicyclic) bond motifs is 1. The Kier molecular flexibility index (Phi) is 4.22. The molecule has 0 fully saturated rings. The molecule has 2 aromatic rings. The average Bonchev–Trinajstić information content (AvgIpc) is 2.92. The van der Waals surface area contributed by atoms with Crippen molar-refractivity contribution in [3.05, 3.63) is 57.6 Å². The molecule has 1 aromatic heterocycles. The van der Waals surface area contributed by atoms with E-state index < -0.39 is 17.2 Å². The number of ether oxygens (including phenoxy) is 1. The Morgan fingerprint density at radius 1 is 1.26 bits per heavy atom. The monoisotopic (exact) mass is 376 g/mol. The summed E-state index contributed by atoms with van der Waals surface area (Å²) in [6.45, 7) is 6.98. The quantitative estimate of drug-likeness (QED) is 0.827. The average molecular weight is 376 g/mol. The molecule has 0 bridgehead atoms. The lowest BCUT2D eigenvalue weighted by Crippen LogP contribution is -2.41. The molecular formula is C19H19F3N4O. The van der Waals surface area contributed by atoms with Crippen LogP contribution in [0.1, 0.15) is 41.8 Å². The van der Waals surface area contributed by atoms with Crippen LogP contribution in [-0.4, -0.2) is 10.2 Å². The smallest absolute Gasteiger partial charge is 0.416 e. The van der Waals surface area contributed by atoms with Gasteiger partial charge in [0.25, 0.3) is 0 Å². The lowest BCUT2D eigenvalue weighted by Gasteiger charge is -2.41. The number of allylic oxidation sites excluding steroid dienone is 1. The molecule has 1 aromatic carbocycles. The highest BCUT2D eigenvalue weighted by molar-refractivity contribution is 5.62. The van der Waals surface area contributed by atoms with E-state index in [0.717, 1.165) is 12.1 Å². The van der Waals surface area contributed by atoms with Crippen LogP contribution >= 0.6 is 0 Å². The first-order valence-electron chi connectivity index (χ1n) is 8.36. The summed E-state index contributed by atoms with van der Waals surface area (Å²) in [6, 6.07) is 5.89. The van der Waals surface area contributed by atoms with Gasteiger partial charge < -0.3 is 10.5 Å². The zero-order valence-electron chi connectivity index (χ0n) is 15.3. The van der Waals surface area contributed by atoms with Crippen LogP contribution in [0.25, 0.3) is 0 Å². The second-order valence-electron chi connectivity index (χ2n) is 7.01. The topological polar surface area (TPSA) is 87.7 Å². The number of nitriles is 1. The van der Waals surface area contributed by atoms with E-state index in [1.165, 1.54) is 0 Å². The van der Waals surface area contributed by atoms with Crippen LogP contribution in [0.5, 0.6) is 5.88 Å².